The van der Waals surface area contributed by atoms with Crippen LogP contribution in [0.15, 0.2) is 47.4 Å². The van der Waals surface area contributed by atoms with Gasteiger partial charge in [-0.15, -0.1) is 0 Å². The van der Waals surface area contributed by atoms with Gasteiger partial charge in [-0.2, -0.15) is 0 Å². The fraction of sp³-hybridized carbons (Fsp3) is 0.0833. The average Bonchev–Trinajstić information content (AvgIpc) is 2.37. The fourth-order valence-corrected chi connectivity index (χ4v) is 2.49. The van der Waals surface area contributed by atoms with Crippen molar-refractivity contribution in [3.05, 3.63) is 42.5 Å². The molecule has 0 bridgehead atoms. The molecule has 2 rings (SSSR count). The third kappa shape index (κ3) is 2.43. The van der Waals surface area contributed by atoms with Crippen molar-refractivity contribution in [1.29, 1.82) is 0 Å². The molecule has 0 atom stereocenters. The number of hydrogen-bond donors (Lipinski definition) is 1. The summed E-state index contributed by atoms with van der Waals surface area (Å²) < 4.78 is 29.7. The van der Waals surface area contributed by atoms with E-state index in [2.05, 4.69) is 4.74 Å². The number of carbonyl (C=O) groups is 1. The maximum absolute atomic E-state index is 11.8. The van der Waals surface area contributed by atoms with Crippen LogP contribution in [0, 0.1) is 0 Å². The molecule has 6 heteroatoms. The van der Waals surface area contributed by atoms with E-state index in [9.17, 15) is 13.2 Å². The predicted molar refractivity (Wildman–Crippen MR) is 66.7 cm³/mol. The van der Waals surface area contributed by atoms with E-state index in [1.807, 2.05) is 18.2 Å². The van der Waals surface area contributed by atoms with Crippen LogP contribution in [0.3, 0.4) is 0 Å². The molecule has 0 unspecified atom stereocenters. The number of methoxy groups -OCH3 is 1. The first kappa shape index (κ1) is 12.4. The van der Waals surface area contributed by atoms with E-state index in [0.29, 0.717) is 0 Å². The summed E-state index contributed by atoms with van der Waals surface area (Å²) >= 11 is 0. The Balaban J connectivity index is 2.45. The molecular formula is C12H11NO4S. The van der Waals surface area contributed by atoms with Crippen molar-refractivity contribution >= 4 is 26.9 Å². The number of sulfonamides is 1. The van der Waals surface area contributed by atoms with Gasteiger partial charge in [-0.25, -0.2) is 17.9 Å². The van der Waals surface area contributed by atoms with Gasteiger partial charge in [0.1, 0.15) is 0 Å². The normalized spacial score (nSPS) is 11.2. The standard InChI is InChI=1S/C12H11NO4S/c1-17-12(14)13-18(15,16)11-7-6-9-4-2-3-5-10(9)8-11/h2-8H,1H3,(H,13,14). The summed E-state index contributed by atoms with van der Waals surface area (Å²) in [5.41, 5.74) is 0. The maximum atomic E-state index is 11.8. The SMILES string of the molecule is COC(=O)NS(=O)(=O)c1ccc2ccccc2c1. The van der Waals surface area contributed by atoms with Crippen LogP contribution < -0.4 is 4.72 Å². The molecule has 2 aromatic carbocycles. The molecule has 0 fully saturated rings. The minimum absolute atomic E-state index is 0.0200. The van der Waals surface area contributed by atoms with Crippen molar-refractivity contribution in [2.24, 2.45) is 0 Å². The second-order valence-electron chi connectivity index (χ2n) is 3.61. The Labute approximate surface area is 104 Å². The van der Waals surface area contributed by atoms with Gasteiger partial charge >= 0.3 is 6.09 Å². The molecule has 18 heavy (non-hydrogen) atoms. The van der Waals surface area contributed by atoms with Crippen molar-refractivity contribution in [3.63, 3.8) is 0 Å². The number of rotatable bonds is 2. The minimum atomic E-state index is -3.89. The lowest BCUT2D eigenvalue weighted by Crippen LogP contribution is -2.30. The van der Waals surface area contributed by atoms with Gasteiger partial charge in [-0.1, -0.05) is 30.3 Å². The van der Waals surface area contributed by atoms with Gasteiger partial charge in [0, 0.05) is 0 Å². The van der Waals surface area contributed by atoms with Crippen LogP contribution in [-0.2, 0) is 14.8 Å². The van der Waals surface area contributed by atoms with Gasteiger partial charge in [0.2, 0.25) is 0 Å². The highest BCUT2D eigenvalue weighted by atomic mass is 32.2. The Morgan fingerprint density at radius 2 is 1.78 bits per heavy atom. The van der Waals surface area contributed by atoms with E-state index < -0.39 is 16.1 Å². The first-order chi connectivity index (χ1) is 8.53. The van der Waals surface area contributed by atoms with E-state index in [-0.39, 0.29) is 4.90 Å². The highest BCUT2D eigenvalue weighted by Gasteiger charge is 2.17. The molecule has 2 aromatic rings. The highest BCUT2D eigenvalue weighted by molar-refractivity contribution is 7.90. The van der Waals surface area contributed by atoms with E-state index in [0.717, 1.165) is 17.9 Å². The van der Waals surface area contributed by atoms with Crippen LogP contribution in [0.4, 0.5) is 4.79 Å². The van der Waals surface area contributed by atoms with Crippen LogP contribution in [0.25, 0.3) is 10.8 Å². The van der Waals surface area contributed by atoms with Gasteiger partial charge in [0.25, 0.3) is 10.0 Å². The monoisotopic (exact) mass is 265 g/mol. The Morgan fingerprint density at radius 3 is 2.44 bits per heavy atom. The number of hydrogen-bond acceptors (Lipinski definition) is 4. The quantitative estimate of drug-likeness (QED) is 0.899. The lowest BCUT2D eigenvalue weighted by molar-refractivity contribution is 0.177. The molecule has 5 nitrogen and oxygen atoms in total. The summed E-state index contributed by atoms with van der Waals surface area (Å²) in [5, 5.41) is 1.71. The van der Waals surface area contributed by atoms with Crippen molar-refractivity contribution in [3.8, 4) is 0 Å². The summed E-state index contributed by atoms with van der Waals surface area (Å²) in [5.74, 6) is 0. The molecule has 0 aliphatic rings. The minimum Gasteiger partial charge on any atom is -0.452 e. The van der Waals surface area contributed by atoms with Crippen molar-refractivity contribution in [1.82, 2.24) is 4.72 Å². The van der Waals surface area contributed by atoms with Crippen LogP contribution in [0.2, 0.25) is 0 Å². The second-order valence-corrected chi connectivity index (χ2v) is 5.29. The fourth-order valence-electron chi connectivity index (χ4n) is 1.54. The summed E-state index contributed by atoms with van der Waals surface area (Å²) in [7, 11) is -2.79. The number of ether oxygens (including phenoxy) is 1. The maximum Gasteiger partial charge on any atom is 0.420 e. The topological polar surface area (TPSA) is 72.5 Å². The van der Waals surface area contributed by atoms with Crippen molar-refractivity contribution in [2.75, 3.05) is 7.11 Å². The van der Waals surface area contributed by atoms with E-state index in [1.165, 1.54) is 12.1 Å². The molecule has 1 amide bonds. The third-order valence-corrected chi connectivity index (χ3v) is 3.74. The lowest BCUT2D eigenvalue weighted by atomic mass is 10.1. The number of amides is 1. The second kappa shape index (κ2) is 4.66. The molecule has 0 aliphatic heterocycles. The summed E-state index contributed by atoms with van der Waals surface area (Å²) in [6, 6.07) is 12.0. The number of benzene rings is 2. The number of fused-ring (bicyclic) bond motifs is 1. The summed E-state index contributed by atoms with van der Waals surface area (Å²) in [4.78, 5) is 11.0. The van der Waals surface area contributed by atoms with Gasteiger partial charge < -0.3 is 4.74 Å². The van der Waals surface area contributed by atoms with Crippen LogP contribution >= 0.6 is 0 Å². The zero-order chi connectivity index (χ0) is 13.2. The molecule has 0 aliphatic carbocycles. The molecule has 1 N–H and O–H groups in total. The largest absolute Gasteiger partial charge is 0.452 e. The molecule has 0 heterocycles. The molecule has 0 radical (unpaired) electrons. The average molecular weight is 265 g/mol. The predicted octanol–water partition coefficient (Wildman–Crippen LogP) is 1.88. The van der Waals surface area contributed by atoms with Crippen molar-refractivity contribution < 1.29 is 17.9 Å². The first-order valence-corrected chi connectivity index (χ1v) is 6.61. The molecule has 0 aromatic heterocycles. The van der Waals surface area contributed by atoms with Gasteiger partial charge in [0.15, 0.2) is 0 Å². The highest BCUT2D eigenvalue weighted by Crippen LogP contribution is 2.18. The van der Waals surface area contributed by atoms with Crippen molar-refractivity contribution in [2.45, 2.75) is 4.90 Å². The first-order valence-electron chi connectivity index (χ1n) is 5.12. The smallest absolute Gasteiger partial charge is 0.420 e. The molecule has 0 saturated heterocycles. The van der Waals surface area contributed by atoms with Gasteiger partial charge in [-0.3, -0.25) is 0 Å². The zero-order valence-corrected chi connectivity index (χ0v) is 10.4. The van der Waals surface area contributed by atoms with Gasteiger partial charge in [0.05, 0.1) is 12.0 Å². The van der Waals surface area contributed by atoms with E-state index in [1.54, 1.807) is 16.9 Å². The summed E-state index contributed by atoms with van der Waals surface area (Å²) in [6.07, 6.45) is -1.01. The number of nitrogens with one attached hydrogen (secondary N) is 1. The van der Waals surface area contributed by atoms with Crippen LogP contribution in [-0.4, -0.2) is 21.6 Å². The molecule has 0 spiro atoms. The molecule has 94 valence electrons. The van der Waals surface area contributed by atoms with Gasteiger partial charge in [-0.05, 0) is 22.9 Å². The Hall–Kier alpha value is -2.08. The van der Waals surface area contributed by atoms with E-state index >= 15 is 0 Å². The Morgan fingerprint density at radius 1 is 1.11 bits per heavy atom. The molecular weight excluding hydrogens is 254 g/mol. The summed E-state index contributed by atoms with van der Waals surface area (Å²) in [6.45, 7) is 0. The lowest BCUT2D eigenvalue weighted by Gasteiger charge is -2.06. The van der Waals surface area contributed by atoms with E-state index in [4.69, 9.17) is 0 Å². The third-order valence-electron chi connectivity index (χ3n) is 2.43. The molecule has 0 saturated carbocycles. The van der Waals surface area contributed by atoms with Crippen LogP contribution in [0.5, 0.6) is 0 Å². The number of carbonyl (C=O) groups excluding carboxylic acids is 1. The zero-order valence-electron chi connectivity index (χ0n) is 9.58. The van der Waals surface area contributed by atoms with Crippen LogP contribution in [0.1, 0.15) is 0 Å². The Bertz CT molecular complexity index is 694. The Kier molecular flexibility index (Phi) is 3.20.